The molecule has 0 spiro atoms. The van der Waals surface area contributed by atoms with Gasteiger partial charge in [-0.1, -0.05) is 0 Å². The molecule has 0 heterocycles. The normalized spacial score (nSPS) is 69.1. The van der Waals surface area contributed by atoms with Gasteiger partial charge in [0.1, 0.15) is 0 Å². The van der Waals surface area contributed by atoms with Crippen molar-refractivity contribution in [1.29, 1.82) is 0 Å². The van der Waals surface area contributed by atoms with Crippen LogP contribution in [0.25, 0.3) is 0 Å². The SMILES string of the molecule is O=C(O)C1(C(=O)O)[C@@H]2[C@@H]3[C@@H]4[C@@H]5C[C@H]6[C@H]4[C@H]3[C@H]1[C@H]6[C@@H]52. The van der Waals surface area contributed by atoms with Gasteiger partial charge in [-0.05, 0) is 65.6 Å². The number of hydrogen-bond acceptors (Lipinski definition) is 2. The minimum absolute atomic E-state index is 0.0220. The van der Waals surface area contributed by atoms with Crippen molar-refractivity contribution in [3.05, 3.63) is 0 Å². The van der Waals surface area contributed by atoms with Crippen molar-refractivity contribution in [2.45, 2.75) is 6.42 Å². The van der Waals surface area contributed by atoms with E-state index >= 15 is 0 Å². The maximum absolute atomic E-state index is 11.8. The average Bonchev–Trinajstić information content (AvgIpc) is 2.85. The summed E-state index contributed by atoms with van der Waals surface area (Å²) in [6.45, 7) is 0. The van der Waals surface area contributed by atoms with Crippen molar-refractivity contribution in [1.82, 2.24) is 0 Å². The lowest BCUT2D eigenvalue weighted by molar-refractivity contribution is -0.169. The van der Waals surface area contributed by atoms with E-state index in [-0.39, 0.29) is 11.8 Å². The molecule has 7 aliphatic carbocycles. The Kier molecular flexibility index (Phi) is 1.00. The van der Waals surface area contributed by atoms with Crippen LogP contribution in [0.5, 0.6) is 0 Å². The predicted octanol–water partition coefficient (Wildman–Crippen LogP) is 0.776. The van der Waals surface area contributed by atoms with Crippen LogP contribution in [0.4, 0.5) is 0 Å². The van der Waals surface area contributed by atoms with Crippen molar-refractivity contribution in [3.8, 4) is 0 Å². The van der Waals surface area contributed by atoms with Gasteiger partial charge in [-0.15, -0.1) is 0 Å². The van der Waals surface area contributed by atoms with Crippen LogP contribution in [0, 0.1) is 64.6 Å². The van der Waals surface area contributed by atoms with Crippen molar-refractivity contribution in [2.75, 3.05) is 0 Å². The minimum Gasteiger partial charge on any atom is -0.480 e. The highest BCUT2D eigenvalue weighted by Gasteiger charge is 2.95. The van der Waals surface area contributed by atoms with E-state index in [2.05, 4.69) is 0 Å². The Morgan fingerprint density at radius 3 is 1.61 bits per heavy atom. The van der Waals surface area contributed by atoms with E-state index in [1.165, 1.54) is 6.42 Å². The Hall–Kier alpha value is -1.06. The number of aliphatic carboxylic acids is 2. The van der Waals surface area contributed by atoms with Crippen LogP contribution in [0.1, 0.15) is 6.42 Å². The molecule has 0 radical (unpaired) electrons. The first kappa shape index (κ1) is 8.94. The van der Waals surface area contributed by atoms with Crippen LogP contribution in [0.15, 0.2) is 0 Å². The molecule has 7 fully saturated rings. The topological polar surface area (TPSA) is 74.6 Å². The number of carbonyl (C=O) groups is 2. The molecule has 0 aromatic rings. The number of rotatable bonds is 2. The maximum Gasteiger partial charge on any atom is 0.321 e. The van der Waals surface area contributed by atoms with E-state index < -0.39 is 17.4 Å². The lowest BCUT2D eigenvalue weighted by atomic mass is 9.60. The van der Waals surface area contributed by atoms with Crippen LogP contribution in [-0.4, -0.2) is 22.2 Å². The molecule has 10 atom stereocenters. The standard InChI is InChI=1S/C14H14O4/c15-12(16)14(13(17)18)10-6-2-1-3-5-4(2)8(10)9(5)11(14)7(3)6/h2-11H,1H2,(H,15,16)(H,17,18)/t2-,3-,4+,5+,6+,7+,8+,9+,10-,11+/m0/s1. The van der Waals surface area contributed by atoms with Crippen molar-refractivity contribution < 1.29 is 19.8 Å². The molecule has 0 unspecified atom stereocenters. The summed E-state index contributed by atoms with van der Waals surface area (Å²) in [6, 6.07) is 0. The first-order valence-electron chi connectivity index (χ1n) is 7.08. The van der Waals surface area contributed by atoms with Gasteiger partial charge in [-0.25, -0.2) is 0 Å². The molecule has 7 aliphatic rings. The Morgan fingerprint density at radius 1 is 0.778 bits per heavy atom. The van der Waals surface area contributed by atoms with E-state index in [0.717, 1.165) is 11.8 Å². The largest absolute Gasteiger partial charge is 0.480 e. The second kappa shape index (κ2) is 2.02. The molecule has 0 saturated heterocycles. The number of carboxylic acid groups (broad SMARTS) is 2. The van der Waals surface area contributed by atoms with Crippen molar-refractivity contribution >= 4 is 11.9 Å². The fourth-order valence-corrected chi connectivity index (χ4v) is 8.63. The Labute approximate surface area is 103 Å². The summed E-state index contributed by atoms with van der Waals surface area (Å²) in [5.74, 6) is 2.56. The molecule has 0 aromatic heterocycles. The molecule has 0 aliphatic heterocycles. The van der Waals surface area contributed by atoms with E-state index in [1.807, 2.05) is 0 Å². The van der Waals surface area contributed by atoms with E-state index in [9.17, 15) is 19.8 Å². The summed E-state index contributed by atoms with van der Waals surface area (Å²) in [5.41, 5.74) is -1.40. The van der Waals surface area contributed by atoms with Crippen LogP contribution in [0.3, 0.4) is 0 Å². The molecule has 4 heteroatoms. The zero-order valence-electron chi connectivity index (χ0n) is 9.69. The van der Waals surface area contributed by atoms with Crippen LogP contribution >= 0.6 is 0 Å². The summed E-state index contributed by atoms with van der Waals surface area (Å²) in [5, 5.41) is 19.3. The van der Waals surface area contributed by atoms with Crippen LogP contribution in [0.2, 0.25) is 0 Å². The lowest BCUT2D eigenvalue weighted by Gasteiger charge is -2.44. The van der Waals surface area contributed by atoms with Gasteiger partial charge in [0, 0.05) is 0 Å². The molecular weight excluding hydrogens is 232 g/mol. The van der Waals surface area contributed by atoms with Gasteiger partial charge >= 0.3 is 11.9 Å². The van der Waals surface area contributed by atoms with Gasteiger partial charge in [0.05, 0.1) is 0 Å². The molecule has 0 aromatic carbocycles. The molecule has 4 nitrogen and oxygen atoms in total. The third kappa shape index (κ3) is 0.466. The Bertz CT molecular complexity index is 502. The van der Waals surface area contributed by atoms with E-state index in [1.54, 1.807) is 0 Å². The second-order valence-corrected chi connectivity index (χ2v) is 7.56. The average molecular weight is 246 g/mol. The monoisotopic (exact) mass is 246 g/mol. The van der Waals surface area contributed by atoms with E-state index in [4.69, 9.17) is 0 Å². The highest BCUT2D eigenvalue weighted by Crippen LogP contribution is 2.94. The summed E-state index contributed by atoms with van der Waals surface area (Å²) < 4.78 is 0. The highest BCUT2D eigenvalue weighted by molar-refractivity contribution is 6.01. The van der Waals surface area contributed by atoms with Gasteiger partial charge in [-0.3, -0.25) is 9.59 Å². The highest BCUT2D eigenvalue weighted by atomic mass is 16.4. The zero-order chi connectivity index (χ0) is 12.1. The number of carboxylic acids is 2. The zero-order valence-corrected chi connectivity index (χ0v) is 9.69. The molecular formula is C14H14O4. The molecule has 7 rings (SSSR count). The first-order chi connectivity index (χ1) is 8.61. The quantitative estimate of drug-likeness (QED) is 0.706. The fraction of sp³-hybridized carbons (Fsp3) is 0.857. The molecule has 0 amide bonds. The summed E-state index contributed by atoms with van der Waals surface area (Å²) in [4.78, 5) is 23.6. The van der Waals surface area contributed by atoms with Gasteiger partial charge in [0.15, 0.2) is 5.41 Å². The molecule has 2 N–H and O–H groups in total. The molecule has 7 saturated carbocycles. The summed E-state index contributed by atoms with van der Waals surface area (Å²) in [7, 11) is 0. The van der Waals surface area contributed by atoms with Crippen molar-refractivity contribution in [3.63, 3.8) is 0 Å². The third-order valence-corrected chi connectivity index (χ3v) is 8.16. The van der Waals surface area contributed by atoms with E-state index in [0.29, 0.717) is 35.5 Å². The third-order valence-electron chi connectivity index (χ3n) is 8.16. The minimum atomic E-state index is -1.40. The lowest BCUT2D eigenvalue weighted by Crippen LogP contribution is -2.45. The Morgan fingerprint density at radius 2 is 1.22 bits per heavy atom. The van der Waals surface area contributed by atoms with Gasteiger partial charge < -0.3 is 10.2 Å². The van der Waals surface area contributed by atoms with Crippen molar-refractivity contribution in [2.24, 2.45) is 64.6 Å². The predicted molar refractivity (Wildman–Crippen MR) is 57.2 cm³/mol. The smallest absolute Gasteiger partial charge is 0.321 e. The maximum atomic E-state index is 11.8. The fourth-order valence-electron chi connectivity index (χ4n) is 8.63. The molecule has 4 bridgehead atoms. The van der Waals surface area contributed by atoms with Gasteiger partial charge in [0.25, 0.3) is 0 Å². The molecule has 18 heavy (non-hydrogen) atoms. The van der Waals surface area contributed by atoms with Crippen LogP contribution in [-0.2, 0) is 9.59 Å². The summed E-state index contributed by atoms with van der Waals surface area (Å²) >= 11 is 0. The number of hydrogen-bond donors (Lipinski definition) is 2. The Balaban J connectivity index is 1.69. The van der Waals surface area contributed by atoms with Gasteiger partial charge in [0.2, 0.25) is 0 Å². The van der Waals surface area contributed by atoms with Gasteiger partial charge in [-0.2, -0.15) is 0 Å². The second-order valence-electron chi connectivity index (χ2n) is 7.56. The first-order valence-corrected chi connectivity index (χ1v) is 7.08. The summed E-state index contributed by atoms with van der Waals surface area (Å²) in [6.07, 6.45) is 1.29. The molecule has 94 valence electrons. The van der Waals surface area contributed by atoms with Crippen LogP contribution < -0.4 is 0 Å².